The number of aryl methyl sites for hydroxylation is 1. The third-order valence-corrected chi connectivity index (χ3v) is 5.84. The van der Waals surface area contributed by atoms with Crippen molar-refractivity contribution in [2.75, 3.05) is 20.6 Å². The largest absolute Gasteiger partial charge is 0.390 e. The van der Waals surface area contributed by atoms with Gasteiger partial charge in [-0.1, -0.05) is 0 Å². The molecule has 0 aliphatic carbocycles. The summed E-state index contributed by atoms with van der Waals surface area (Å²) in [6.07, 6.45) is -5.53. The number of sulfonamides is 1. The van der Waals surface area contributed by atoms with Gasteiger partial charge in [0.25, 0.3) is 0 Å². The summed E-state index contributed by atoms with van der Waals surface area (Å²) in [6, 6.07) is 1.51. The summed E-state index contributed by atoms with van der Waals surface area (Å²) in [4.78, 5) is 1.49. The molecule has 0 spiro atoms. The molecule has 116 valence electrons. The van der Waals surface area contributed by atoms with Gasteiger partial charge in [0, 0.05) is 29.9 Å². The smallest absolute Gasteiger partial charge is 0.315 e. The normalized spacial score (nSPS) is 13.2. The monoisotopic (exact) mass is 330 g/mol. The molecule has 0 bridgehead atoms. The van der Waals surface area contributed by atoms with Crippen molar-refractivity contribution in [1.29, 1.82) is 0 Å². The molecule has 0 saturated carbocycles. The maximum absolute atomic E-state index is 12.2. The molecule has 0 radical (unpaired) electrons. The van der Waals surface area contributed by atoms with Crippen molar-refractivity contribution in [1.82, 2.24) is 9.62 Å². The predicted octanol–water partition coefficient (Wildman–Crippen LogP) is 2.35. The number of nitrogens with zero attached hydrogens (tertiary/aromatic N) is 1. The Labute approximate surface area is 120 Å². The number of halogens is 3. The van der Waals surface area contributed by atoms with E-state index in [9.17, 15) is 21.6 Å². The molecule has 1 aromatic heterocycles. The van der Waals surface area contributed by atoms with E-state index in [1.54, 1.807) is 14.0 Å². The van der Waals surface area contributed by atoms with Gasteiger partial charge in [0.2, 0.25) is 10.0 Å². The van der Waals surface area contributed by atoms with Crippen LogP contribution < -0.4 is 5.32 Å². The Kier molecular flexibility index (Phi) is 5.59. The molecular formula is C11H17F3N2O2S2. The summed E-state index contributed by atoms with van der Waals surface area (Å²) in [7, 11) is -0.976. The minimum Gasteiger partial charge on any atom is -0.315 e. The highest BCUT2D eigenvalue weighted by atomic mass is 32.2. The second kappa shape index (κ2) is 6.42. The van der Waals surface area contributed by atoms with Crippen LogP contribution in [-0.4, -0.2) is 39.5 Å². The van der Waals surface area contributed by atoms with Crippen molar-refractivity contribution in [2.45, 2.75) is 31.0 Å². The van der Waals surface area contributed by atoms with Gasteiger partial charge in [-0.25, -0.2) is 12.7 Å². The van der Waals surface area contributed by atoms with E-state index in [0.29, 0.717) is 11.4 Å². The van der Waals surface area contributed by atoms with Gasteiger partial charge in [-0.15, -0.1) is 11.3 Å². The number of alkyl halides is 3. The zero-order valence-electron chi connectivity index (χ0n) is 11.4. The highest BCUT2D eigenvalue weighted by Crippen LogP contribution is 2.28. The van der Waals surface area contributed by atoms with Crippen molar-refractivity contribution >= 4 is 21.4 Å². The third-order valence-electron chi connectivity index (χ3n) is 2.67. The molecule has 0 fully saturated rings. The van der Waals surface area contributed by atoms with E-state index >= 15 is 0 Å². The molecule has 9 heteroatoms. The lowest BCUT2D eigenvalue weighted by Gasteiger charge is -2.17. The summed E-state index contributed by atoms with van der Waals surface area (Å²) in [6.45, 7) is 1.59. The Morgan fingerprint density at radius 3 is 2.50 bits per heavy atom. The fourth-order valence-electron chi connectivity index (χ4n) is 1.61. The topological polar surface area (TPSA) is 49.4 Å². The standard InChI is InChI=1S/C11H17F3N2O2S2/c1-8-10(6-9(19-8)7-15-2)20(17,18)16(3)5-4-11(12,13)14/h6,15H,4-5,7H2,1-3H3. The highest BCUT2D eigenvalue weighted by molar-refractivity contribution is 7.89. The minimum atomic E-state index is -4.37. The molecule has 0 aromatic carbocycles. The van der Waals surface area contributed by atoms with Crippen LogP contribution in [0.25, 0.3) is 0 Å². The first-order chi connectivity index (χ1) is 9.08. The van der Waals surface area contributed by atoms with Crippen LogP contribution in [0, 0.1) is 6.92 Å². The summed E-state index contributed by atoms with van der Waals surface area (Å²) >= 11 is 1.32. The first-order valence-electron chi connectivity index (χ1n) is 5.85. The summed E-state index contributed by atoms with van der Waals surface area (Å²) < 4.78 is 61.7. The molecule has 0 atom stereocenters. The number of thiophene rings is 1. The molecule has 0 amide bonds. The molecule has 0 saturated heterocycles. The maximum atomic E-state index is 12.2. The summed E-state index contributed by atoms with van der Waals surface area (Å²) in [5.41, 5.74) is 0. The Bertz CT molecular complexity index is 553. The van der Waals surface area contributed by atoms with E-state index in [4.69, 9.17) is 0 Å². The van der Waals surface area contributed by atoms with Crippen LogP contribution in [0.4, 0.5) is 13.2 Å². The van der Waals surface area contributed by atoms with Gasteiger partial charge >= 0.3 is 6.18 Å². The second-order valence-corrected chi connectivity index (χ2v) is 7.71. The van der Waals surface area contributed by atoms with Crippen LogP contribution >= 0.6 is 11.3 Å². The Morgan fingerprint density at radius 1 is 1.40 bits per heavy atom. The Morgan fingerprint density at radius 2 is 2.00 bits per heavy atom. The molecular weight excluding hydrogens is 313 g/mol. The summed E-state index contributed by atoms with van der Waals surface area (Å²) in [5.74, 6) is 0. The SMILES string of the molecule is CNCc1cc(S(=O)(=O)N(C)CCC(F)(F)F)c(C)s1. The fourth-order valence-corrected chi connectivity index (χ4v) is 4.40. The van der Waals surface area contributed by atoms with Gasteiger partial charge in [-0.2, -0.15) is 13.2 Å². The van der Waals surface area contributed by atoms with Crippen LogP contribution in [0.1, 0.15) is 16.2 Å². The van der Waals surface area contributed by atoms with Gasteiger partial charge in [0.05, 0.1) is 11.3 Å². The van der Waals surface area contributed by atoms with E-state index < -0.39 is 29.2 Å². The van der Waals surface area contributed by atoms with E-state index in [-0.39, 0.29) is 4.90 Å². The van der Waals surface area contributed by atoms with E-state index in [2.05, 4.69) is 5.32 Å². The van der Waals surface area contributed by atoms with Crippen molar-refractivity contribution in [3.8, 4) is 0 Å². The van der Waals surface area contributed by atoms with Gasteiger partial charge in [-0.05, 0) is 20.0 Å². The van der Waals surface area contributed by atoms with E-state index in [0.717, 1.165) is 16.2 Å². The molecule has 1 aromatic rings. The zero-order valence-corrected chi connectivity index (χ0v) is 13.0. The van der Waals surface area contributed by atoms with Gasteiger partial charge in [-0.3, -0.25) is 0 Å². The quantitative estimate of drug-likeness (QED) is 0.871. The number of rotatable bonds is 6. The average molecular weight is 330 g/mol. The minimum absolute atomic E-state index is 0.0809. The molecule has 1 N–H and O–H groups in total. The predicted molar refractivity (Wildman–Crippen MR) is 72.3 cm³/mol. The van der Waals surface area contributed by atoms with Gasteiger partial charge < -0.3 is 5.32 Å². The molecule has 0 unspecified atom stereocenters. The zero-order chi connectivity index (χ0) is 15.6. The van der Waals surface area contributed by atoms with Gasteiger partial charge in [0.15, 0.2) is 0 Å². The van der Waals surface area contributed by atoms with Gasteiger partial charge in [0.1, 0.15) is 0 Å². The van der Waals surface area contributed by atoms with Crippen LogP contribution in [0.15, 0.2) is 11.0 Å². The third kappa shape index (κ3) is 4.44. The van der Waals surface area contributed by atoms with Crippen molar-refractivity contribution in [3.05, 3.63) is 15.8 Å². The lowest BCUT2D eigenvalue weighted by Crippen LogP contribution is -2.30. The Hall–Kier alpha value is -0.640. The highest BCUT2D eigenvalue weighted by Gasteiger charge is 2.31. The Balaban J connectivity index is 2.92. The molecule has 1 heterocycles. The van der Waals surface area contributed by atoms with E-state index in [1.165, 1.54) is 17.4 Å². The van der Waals surface area contributed by atoms with E-state index in [1.807, 2.05) is 0 Å². The van der Waals surface area contributed by atoms with Crippen LogP contribution in [0.2, 0.25) is 0 Å². The lowest BCUT2D eigenvalue weighted by molar-refractivity contribution is -0.135. The number of nitrogens with one attached hydrogen (secondary N) is 1. The number of hydrogen-bond acceptors (Lipinski definition) is 4. The molecule has 1 rings (SSSR count). The van der Waals surface area contributed by atoms with Crippen LogP contribution in [0.3, 0.4) is 0 Å². The van der Waals surface area contributed by atoms with Crippen molar-refractivity contribution in [2.24, 2.45) is 0 Å². The molecule has 4 nitrogen and oxygen atoms in total. The number of hydrogen-bond donors (Lipinski definition) is 1. The second-order valence-electron chi connectivity index (χ2n) is 4.36. The lowest BCUT2D eigenvalue weighted by atomic mass is 10.4. The molecule has 0 aliphatic heterocycles. The molecule has 0 aliphatic rings. The van der Waals surface area contributed by atoms with Crippen LogP contribution in [0.5, 0.6) is 0 Å². The van der Waals surface area contributed by atoms with Crippen molar-refractivity contribution in [3.63, 3.8) is 0 Å². The van der Waals surface area contributed by atoms with Crippen LogP contribution in [-0.2, 0) is 16.6 Å². The average Bonchev–Trinajstić information content (AvgIpc) is 2.67. The fraction of sp³-hybridized carbons (Fsp3) is 0.636. The molecule has 20 heavy (non-hydrogen) atoms. The van der Waals surface area contributed by atoms with Crippen molar-refractivity contribution < 1.29 is 21.6 Å². The summed E-state index contributed by atoms with van der Waals surface area (Å²) in [5, 5.41) is 2.90. The first kappa shape index (κ1) is 17.4. The maximum Gasteiger partial charge on any atom is 0.390 e. The first-order valence-corrected chi connectivity index (χ1v) is 8.10.